The van der Waals surface area contributed by atoms with E-state index in [1.54, 1.807) is 19.2 Å². The molecule has 0 fully saturated rings. The normalized spacial score (nSPS) is 12.4. The van der Waals surface area contributed by atoms with E-state index in [2.05, 4.69) is 5.32 Å². The average molecular weight is 481 g/mol. The molecule has 0 saturated heterocycles. The van der Waals surface area contributed by atoms with Gasteiger partial charge in [0, 0.05) is 33.9 Å². The van der Waals surface area contributed by atoms with Crippen LogP contribution in [-0.2, 0) is 13.2 Å². The minimum absolute atomic E-state index is 0.237. The molecule has 0 saturated carbocycles. The van der Waals surface area contributed by atoms with Gasteiger partial charge < -0.3 is 24.3 Å². The molecule has 0 bridgehead atoms. The lowest BCUT2D eigenvalue weighted by Gasteiger charge is -2.19. The number of methoxy groups -OCH3 is 1. The number of anilines is 1. The predicted molar refractivity (Wildman–Crippen MR) is 124 cm³/mol. The summed E-state index contributed by atoms with van der Waals surface area (Å²) in [6.07, 6.45) is 0. The smallest absolute Gasteiger partial charge is 0.180 e. The zero-order chi connectivity index (χ0) is 21.8. The third-order valence-corrected chi connectivity index (χ3v) is 5.58. The lowest BCUT2D eigenvalue weighted by atomic mass is 10.2. The molecule has 1 aliphatic heterocycles. The van der Waals surface area contributed by atoms with E-state index in [-0.39, 0.29) is 6.61 Å². The molecule has 5 nitrogen and oxygen atoms in total. The Labute approximate surface area is 195 Å². The second-order valence-electron chi connectivity index (χ2n) is 6.85. The molecule has 0 unspecified atom stereocenters. The topological polar surface area (TPSA) is 49.0 Å². The van der Waals surface area contributed by atoms with Crippen LogP contribution in [0.15, 0.2) is 48.5 Å². The average Bonchev–Trinajstić information content (AvgIpc) is 2.77. The molecular weight excluding hydrogens is 461 g/mol. The molecule has 3 aromatic carbocycles. The first-order valence-corrected chi connectivity index (χ1v) is 10.7. The third kappa shape index (κ3) is 5.24. The Bertz CT molecular complexity index is 1090. The number of nitrogens with one attached hydrogen (secondary N) is 1. The fraction of sp³-hybridized carbons (Fsp3) is 0.217. The fourth-order valence-corrected chi connectivity index (χ4v) is 3.91. The van der Waals surface area contributed by atoms with Crippen molar-refractivity contribution in [3.8, 4) is 23.0 Å². The van der Waals surface area contributed by atoms with Crippen molar-refractivity contribution in [3.05, 3.63) is 74.7 Å². The van der Waals surface area contributed by atoms with Gasteiger partial charge in [0.25, 0.3) is 0 Å². The second kappa shape index (κ2) is 9.77. The van der Waals surface area contributed by atoms with Crippen LogP contribution in [0, 0.1) is 0 Å². The highest BCUT2D eigenvalue weighted by molar-refractivity contribution is 6.35. The summed E-state index contributed by atoms with van der Waals surface area (Å²) in [6.45, 7) is 1.89. The molecule has 0 aliphatic carbocycles. The number of hydrogen-bond acceptors (Lipinski definition) is 5. The van der Waals surface area contributed by atoms with Crippen molar-refractivity contribution in [1.29, 1.82) is 0 Å². The largest absolute Gasteiger partial charge is 0.493 e. The Hall–Kier alpha value is -2.47. The first-order valence-electron chi connectivity index (χ1n) is 9.60. The highest BCUT2D eigenvalue weighted by Gasteiger charge is 2.15. The lowest BCUT2D eigenvalue weighted by molar-refractivity contribution is 0.171. The number of rotatable bonds is 7. The summed E-state index contributed by atoms with van der Waals surface area (Å²) in [6, 6.07) is 14.7. The van der Waals surface area contributed by atoms with Crippen molar-refractivity contribution in [2.24, 2.45) is 0 Å². The van der Waals surface area contributed by atoms with Gasteiger partial charge in [0.15, 0.2) is 23.0 Å². The minimum Gasteiger partial charge on any atom is -0.493 e. The monoisotopic (exact) mass is 479 g/mol. The Morgan fingerprint density at radius 2 is 1.71 bits per heavy atom. The quantitative estimate of drug-likeness (QED) is 0.412. The number of fused-ring (bicyclic) bond motifs is 1. The van der Waals surface area contributed by atoms with Gasteiger partial charge in [-0.3, -0.25) is 0 Å². The molecule has 1 N–H and O–H groups in total. The Kier molecular flexibility index (Phi) is 6.86. The van der Waals surface area contributed by atoms with E-state index < -0.39 is 0 Å². The maximum Gasteiger partial charge on any atom is 0.180 e. The predicted octanol–water partition coefficient (Wildman–Crippen LogP) is 6.62. The van der Waals surface area contributed by atoms with Crippen LogP contribution in [0.25, 0.3) is 0 Å². The highest BCUT2D eigenvalue weighted by Crippen LogP contribution is 2.38. The van der Waals surface area contributed by atoms with Crippen LogP contribution >= 0.6 is 34.8 Å². The van der Waals surface area contributed by atoms with Gasteiger partial charge in [-0.15, -0.1) is 0 Å². The van der Waals surface area contributed by atoms with Crippen molar-refractivity contribution >= 4 is 40.5 Å². The summed E-state index contributed by atoms with van der Waals surface area (Å²) in [5, 5.41) is 4.91. The van der Waals surface area contributed by atoms with Crippen molar-refractivity contribution < 1.29 is 18.9 Å². The first kappa shape index (κ1) is 21.8. The van der Waals surface area contributed by atoms with Gasteiger partial charge >= 0.3 is 0 Å². The van der Waals surface area contributed by atoms with Crippen LogP contribution < -0.4 is 24.3 Å². The van der Waals surface area contributed by atoms with Crippen LogP contribution in [0.5, 0.6) is 23.0 Å². The summed E-state index contributed by atoms with van der Waals surface area (Å²) in [4.78, 5) is 0. The molecular formula is C23H20Cl3NO4. The first-order chi connectivity index (χ1) is 15.0. The highest BCUT2D eigenvalue weighted by atomic mass is 35.5. The van der Waals surface area contributed by atoms with Gasteiger partial charge in [0.05, 0.1) is 12.1 Å². The Morgan fingerprint density at radius 3 is 2.48 bits per heavy atom. The van der Waals surface area contributed by atoms with Crippen LogP contribution in [0.4, 0.5) is 5.69 Å². The van der Waals surface area contributed by atoms with E-state index in [1.807, 2.05) is 36.4 Å². The SMILES string of the molecule is COc1cc(CNc2ccc3c(c2)OCCO3)cc(Cl)c1OCc1ccc(Cl)cc1Cl. The molecule has 31 heavy (non-hydrogen) atoms. The maximum absolute atomic E-state index is 6.50. The van der Waals surface area contributed by atoms with Crippen molar-refractivity contribution in [2.75, 3.05) is 25.6 Å². The van der Waals surface area contributed by atoms with E-state index in [0.717, 1.165) is 28.3 Å². The number of hydrogen-bond donors (Lipinski definition) is 1. The number of ether oxygens (including phenoxy) is 4. The summed E-state index contributed by atoms with van der Waals surface area (Å²) in [5.74, 6) is 2.48. The van der Waals surface area contributed by atoms with Gasteiger partial charge in [-0.2, -0.15) is 0 Å². The van der Waals surface area contributed by atoms with Crippen molar-refractivity contribution in [1.82, 2.24) is 0 Å². The summed E-state index contributed by atoms with van der Waals surface area (Å²) in [7, 11) is 1.58. The van der Waals surface area contributed by atoms with Gasteiger partial charge in [-0.1, -0.05) is 40.9 Å². The molecule has 3 aromatic rings. The summed E-state index contributed by atoms with van der Waals surface area (Å²) < 4.78 is 22.6. The van der Waals surface area contributed by atoms with E-state index in [9.17, 15) is 0 Å². The zero-order valence-electron chi connectivity index (χ0n) is 16.7. The van der Waals surface area contributed by atoms with Gasteiger partial charge in [-0.05, 0) is 42.0 Å². The van der Waals surface area contributed by atoms with E-state index in [4.69, 9.17) is 53.8 Å². The summed E-state index contributed by atoms with van der Waals surface area (Å²) >= 11 is 18.7. The summed E-state index contributed by atoms with van der Waals surface area (Å²) in [5.41, 5.74) is 2.65. The van der Waals surface area contributed by atoms with E-state index in [0.29, 0.717) is 46.3 Å². The number of benzene rings is 3. The van der Waals surface area contributed by atoms with Gasteiger partial charge in [-0.25, -0.2) is 0 Å². The van der Waals surface area contributed by atoms with Gasteiger partial charge in [0.1, 0.15) is 19.8 Å². The minimum atomic E-state index is 0.237. The molecule has 0 amide bonds. The van der Waals surface area contributed by atoms with E-state index >= 15 is 0 Å². The zero-order valence-corrected chi connectivity index (χ0v) is 19.0. The molecule has 8 heteroatoms. The van der Waals surface area contributed by atoms with Crippen LogP contribution in [0.1, 0.15) is 11.1 Å². The van der Waals surface area contributed by atoms with E-state index in [1.165, 1.54) is 0 Å². The molecule has 0 radical (unpaired) electrons. The molecule has 0 aromatic heterocycles. The van der Waals surface area contributed by atoms with Crippen molar-refractivity contribution in [3.63, 3.8) is 0 Å². The van der Waals surface area contributed by atoms with Crippen LogP contribution in [-0.4, -0.2) is 20.3 Å². The Balaban J connectivity index is 1.45. The van der Waals surface area contributed by atoms with Crippen molar-refractivity contribution in [2.45, 2.75) is 13.2 Å². The molecule has 1 aliphatic rings. The molecule has 1 heterocycles. The molecule has 0 atom stereocenters. The maximum atomic E-state index is 6.50. The fourth-order valence-electron chi connectivity index (χ4n) is 3.16. The van der Waals surface area contributed by atoms with Gasteiger partial charge in [0.2, 0.25) is 0 Å². The molecule has 0 spiro atoms. The van der Waals surface area contributed by atoms with Crippen LogP contribution in [0.2, 0.25) is 15.1 Å². The lowest BCUT2D eigenvalue weighted by Crippen LogP contribution is -2.15. The molecule has 162 valence electrons. The second-order valence-corrected chi connectivity index (χ2v) is 8.10. The third-order valence-electron chi connectivity index (χ3n) is 4.72. The molecule has 4 rings (SSSR count). The number of halogens is 3. The standard InChI is InChI=1S/C23H20Cl3NO4/c1-28-22-9-14(12-27-17-4-5-20-21(11-17)30-7-6-29-20)8-19(26)23(22)31-13-15-2-3-16(24)10-18(15)25/h2-5,8-11,27H,6-7,12-13H2,1H3. The Morgan fingerprint density at radius 1 is 0.903 bits per heavy atom. The van der Waals surface area contributed by atoms with Crippen LogP contribution in [0.3, 0.4) is 0 Å².